The predicted octanol–water partition coefficient (Wildman–Crippen LogP) is 3.50. The number of amides is 1. The number of nitrogens with zero attached hydrogens (tertiary/aromatic N) is 3. The normalized spacial score (nSPS) is 10.4. The van der Waals surface area contributed by atoms with Crippen LogP contribution in [0.25, 0.3) is 16.5 Å². The van der Waals surface area contributed by atoms with Crippen LogP contribution in [0.1, 0.15) is 23.1 Å². The molecule has 7 nitrogen and oxygen atoms in total. The molecule has 4 N–H and O–H groups in total. The minimum absolute atomic E-state index is 0.0162. The zero-order valence-electron chi connectivity index (χ0n) is 16.5. The Kier molecular flexibility index (Phi) is 6.61. The summed E-state index contributed by atoms with van der Waals surface area (Å²) in [6.45, 7) is 1.98. The number of nitrogens with two attached hydrogens (primary N) is 2. The highest BCUT2D eigenvalue weighted by molar-refractivity contribution is 6.35. The Bertz CT molecular complexity index is 1310. The third-order valence-electron chi connectivity index (χ3n) is 4.48. The quantitative estimate of drug-likeness (QED) is 0.506. The van der Waals surface area contributed by atoms with E-state index in [9.17, 15) is 14.0 Å². The molecule has 2 aromatic heterocycles. The smallest absolute Gasteiger partial charge is 0.271 e. The van der Waals surface area contributed by atoms with Gasteiger partial charge in [-0.15, -0.1) is 0 Å². The molecule has 0 aliphatic rings. The maximum atomic E-state index is 13.1. The minimum Gasteiger partial charge on any atom is -0.382 e. The van der Waals surface area contributed by atoms with Gasteiger partial charge in [0.1, 0.15) is 5.82 Å². The van der Waals surface area contributed by atoms with E-state index in [0.29, 0.717) is 22.5 Å². The molecule has 9 heteroatoms. The predicted molar refractivity (Wildman–Crippen MR) is 119 cm³/mol. The maximum Gasteiger partial charge on any atom is 0.271 e. The van der Waals surface area contributed by atoms with Gasteiger partial charge in [-0.1, -0.05) is 30.7 Å². The van der Waals surface area contributed by atoms with Gasteiger partial charge in [-0.3, -0.25) is 14.2 Å². The number of hydrogen-bond acceptors (Lipinski definition) is 5. The topological polar surface area (TPSA) is 117 Å². The van der Waals surface area contributed by atoms with Gasteiger partial charge in [0.05, 0.1) is 10.4 Å². The fourth-order valence-electron chi connectivity index (χ4n) is 3.05. The van der Waals surface area contributed by atoms with Crippen LogP contribution in [-0.4, -0.2) is 20.4 Å². The second-order valence-corrected chi connectivity index (χ2v) is 6.87. The summed E-state index contributed by atoms with van der Waals surface area (Å²) < 4.78 is 14.7. The summed E-state index contributed by atoms with van der Waals surface area (Å²) >= 11 is 6.17. The van der Waals surface area contributed by atoms with Crippen molar-refractivity contribution in [2.45, 2.75) is 13.3 Å². The monoisotopic (exact) mass is 439 g/mol. The van der Waals surface area contributed by atoms with E-state index in [2.05, 4.69) is 9.97 Å². The number of nitrogen functional groups attached to an aromatic ring is 1. The zero-order chi connectivity index (χ0) is 22.5. The number of carbonyl (C=O) groups is 1. The van der Waals surface area contributed by atoms with Crippen LogP contribution < -0.4 is 17.0 Å². The van der Waals surface area contributed by atoms with E-state index < -0.39 is 5.91 Å². The average molecular weight is 440 g/mol. The highest BCUT2D eigenvalue weighted by Crippen LogP contribution is 2.23. The number of aromatic nitrogens is 3. The lowest BCUT2D eigenvalue weighted by atomic mass is 10.1. The van der Waals surface area contributed by atoms with Crippen LogP contribution in [0.2, 0.25) is 5.02 Å². The van der Waals surface area contributed by atoms with Crippen molar-refractivity contribution in [3.63, 3.8) is 0 Å². The molecular formula is C22H19ClFN5O2. The molecule has 4 rings (SSSR count). The van der Waals surface area contributed by atoms with Crippen molar-refractivity contribution in [1.82, 2.24) is 14.5 Å². The molecule has 0 radical (unpaired) electrons. The van der Waals surface area contributed by atoms with Crippen LogP contribution >= 0.6 is 11.6 Å². The van der Waals surface area contributed by atoms with E-state index in [-0.39, 0.29) is 22.9 Å². The minimum atomic E-state index is -0.661. The Morgan fingerprint density at radius 3 is 2.39 bits per heavy atom. The summed E-state index contributed by atoms with van der Waals surface area (Å²) in [4.78, 5) is 30.5. The summed E-state index contributed by atoms with van der Waals surface area (Å²) in [7, 11) is 0. The van der Waals surface area contributed by atoms with Gasteiger partial charge in [0, 0.05) is 23.8 Å². The number of fused-ring (bicyclic) bond motifs is 1. The number of anilines is 1. The first-order valence-electron chi connectivity index (χ1n) is 9.28. The summed E-state index contributed by atoms with van der Waals surface area (Å²) in [5.74, 6) is -0.927. The van der Waals surface area contributed by atoms with Gasteiger partial charge in [0.2, 0.25) is 0 Å². The molecule has 0 fully saturated rings. The van der Waals surface area contributed by atoms with E-state index in [1.165, 1.54) is 24.5 Å². The molecule has 0 bridgehead atoms. The summed E-state index contributed by atoms with van der Waals surface area (Å²) in [6, 6.07) is 13.2. The lowest BCUT2D eigenvalue weighted by Crippen LogP contribution is -2.22. The van der Waals surface area contributed by atoms with Crippen molar-refractivity contribution < 1.29 is 9.18 Å². The third-order valence-corrected chi connectivity index (χ3v) is 4.79. The van der Waals surface area contributed by atoms with E-state index in [1.54, 1.807) is 22.8 Å². The van der Waals surface area contributed by atoms with E-state index in [1.807, 2.05) is 25.1 Å². The molecule has 31 heavy (non-hydrogen) atoms. The Hall–Kier alpha value is -3.78. The van der Waals surface area contributed by atoms with Crippen LogP contribution in [0, 0.1) is 5.82 Å². The van der Waals surface area contributed by atoms with Crippen molar-refractivity contribution in [2.24, 2.45) is 5.73 Å². The van der Waals surface area contributed by atoms with E-state index in [0.717, 1.165) is 11.1 Å². The molecule has 0 aliphatic carbocycles. The lowest BCUT2D eigenvalue weighted by molar-refractivity contribution is 0.0996. The summed E-state index contributed by atoms with van der Waals surface area (Å²) in [5, 5.41) is 1.74. The number of halogens is 2. The van der Waals surface area contributed by atoms with Gasteiger partial charge in [-0.2, -0.15) is 0 Å². The summed E-state index contributed by atoms with van der Waals surface area (Å²) in [6.07, 6.45) is 3.44. The van der Waals surface area contributed by atoms with Gasteiger partial charge in [0.15, 0.2) is 11.5 Å². The third kappa shape index (κ3) is 4.70. The maximum absolute atomic E-state index is 13.1. The number of benzene rings is 2. The first kappa shape index (κ1) is 21.9. The molecule has 2 heterocycles. The number of rotatable bonds is 3. The van der Waals surface area contributed by atoms with Gasteiger partial charge in [0.25, 0.3) is 11.5 Å². The van der Waals surface area contributed by atoms with Crippen molar-refractivity contribution in [3.8, 4) is 5.69 Å². The van der Waals surface area contributed by atoms with Crippen molar-refractivity contribution in [1.29, 1.82) is 0 Å². The number of primary amides is 1. The van der Waals surface area contributed by atoms with Gasteiger partial charge in [-0.05, 0) is 48.2 Å². The van der Waals surface area contributed by atoms with Crippen LogP contribution in [-0.2, 0) is 6.42 Å². The zero-order valence-corrected chi connectivity index (χ0v) is 17.3. The Morgan fingerprint density at radius 2 is 1.81 bits per heavy atom. The number of carbonyl (C=O) groups excluding carboxylic acids is 1. The van der Waals surface area contributed by atoms with Gasteiger partial charge >= 0.3 is 0 Å². The lowest BCUT2D eigenvalue weighted by Gasteiger charge is -2.14. The first-order valence-corrected chi connectivity index (χ1v) is 9.66. The van der Waals surface area contributed by atoms with Crippen LogP contribution in [0.5, 0.6) is 0 Å². The highest BCUT2D eigenvalue weighted by atomic mass is 35.5. The van der Waals surface area contributed by atoms with Gasteiger partial charge in [-0.25, -0.2) is 14.4 Å². The molecule has 0 saturated heterocycles. The molecule has 0 unspecified atom stereocenters. The Balaban J connectivity index is 0.000000229. The van der Waals surface area contributed by atoms with Crippen molar-refractivity contribution in [2.75, 3.05) is 5.73 Å². The summed E-state index contributed by atoms with van der Waals surface area (Å²) in [5.41, 5.74) is 11.5. The van der Waals surface area contributed by atoms with Gasteiger partial charge < -0.3 is 11.5 Å². The fourth-order valence-corrected chi connectivity index (χ4v) is 3.31. The fraction of sp³-hybridized carbons (Fsp3) is 0.0909. The largest absolute Gasteiger partial charge is 0.382 e. The molecule has 158 valence electrons. The first-order chi connectivity index (χ1) is 14.8. The van der Waals surface area contributed by atoms with Crippen molar-refractivity contribution in [3.05, 3.63) is 93.5 Å². The standard InChI is InChI=1S/C17H13ClFNO.C5H6N4O/c1-2-13-10-11-4-3-5-15(18)16(11)17(21)20(13)14-8-6-12(19)7-9-14;6-4-3(5(7)10)8-1-2-9-4/h3-10H,2H2,1H3;1-2H,(H2,6,9)(H2,7,10). The van der Waals surface area contributed by atoms with E-state index >= 15 is 0 Å². The molecule has 2 aromatic carbocycles. The molecule has 0 spiro atoms. The van der Waals surface area contributed by atoms with E-state index in [4.69, 9.17) is 23.1 Å². The second kappa shape index (κ2) is 9.36. The molecule has 0 aliphatic heterocycles. The molecule has 0 saturated carbocycles. The number of pyridine rings is 1. The van der Waals surface area contributed by atoms with Crippen LogP contribution in [0.15, 0.2) is 65.7 Å². The number of aryl methyl sites for hydroxylation is 1. The van der Waals surface area contributed by atoms with Crippen molar-refractivity contribution >= 4 is 34.1 Å². The molecule has 1 amide bonds. The Morgan fingerprint density at radius 1 is 1.13 bits per heavy atom. The SMILES string of the molecule is CCc1cc2cccc(Cl)c2c(=O)n1-c1ccc(F)cc1.NC(=O)c1nccnc1N. The molecular weight excluding hydrogens is 421 g/mol. The molecule has 4 aromatic rings. The molecule has 0 atom stereocenters. The average Bonchev–Trinajstić information content (AvgIpc) is 2.75. The van der Waals surface area contributed by atoms with Crippen LogP contribution in [0.3, 0.4) is 0 Å². The second-order valence-electron chi connectivity index (χ2n) is 6.46. The van der Waals surface area contributed by atoms with Crippen LogP contribution in [0.4, 0.5) is 10.2 Å². The Labute approximate surface area is 182 Å². The number of hydrogen-bond donors (Lipinski definition) is 2. The highest BCUT2D eigenvalue weighted by Gasteiger charge is 2.12.